The number of aromatic nitrogens is 1. The molecule has 3 rings (SSSR count). The van der Waals surface area contributed by atoms with Crippen molar-refractivity contribution in [3.05, 3.63) is 30.5 Å². The van der Waals surface area contributed by atoms with Gasteiger partial charge < -0.3 is 20.5 Å². The second-order valence-corrected chi connectivity index (χ2v) is 7.04. The second-order valence-electron chi connectivity index (χ2n) is 7.04. The van der Waals surface area contributed by atoms with Gasteiger partial charge in [-0.3, -0.25) is 9.59 Å². The molecule has 2 unspecified atom stereocenters. The summed E-state index contributed by atoms with van der Waals surface area (Å²) in [5.74, 6) is 0.174. The van der Waals surface area contributed by atoms with E-state index in [0.717, 1.165) is 48.9 Å². The third-order valence-electron chi connectivity index (χ3n) is 5.30. The molecule has 1 aromatic heterocycles. The lowest BCUT2D eigenvalue weighted by atomic mass is 10.1. The zero-order chi connectivity index (χ0) is 18.7. The summed E-state index contributed by atoms with van der Waals surface area (Å²) < 4.78 is 1.96. The van der Waals surface area contributed by atoms with E-state index in [1.54, 1.807) is 0 Å². The van der Waals surface area contributed by atoms with Crippen molar-refractivity contribution in [2.75, 3.05) is 18.4 Å². The lowest BCUT2D eigenvalue weighted by Crippen LogP contribution is -2.33. The average molecular weight is 393 g/mol. The van der Waals surface area contributed by atoms with E-state index in [4.69, 9.17) is 5.73 Å². The largest absolute Gasteiger partial charge is 0.342 e. The lowest BCUT2D eigenvalue weighted by molar-refractivity contribution is -0.131. The van der Waals surface area contributed by atoms with Gasteiger partial charge in [0.1, 0.15) is 6.54 Å². The molecule has 3 N–H and O–H groups in total. The molecule has 2 aromatic rings. The Morgan fingerprint density at radius 3 is 2.59 bits per heavy atom. The normalized spacial score (nSPS) is 18.9. The molecular weight excluding hydrogens is 364 g/mol. The number of fused-ring (bicyclic) bond motifs is 1. The fraction of sp³-hybridized carbons (Fsp3) is 0.500. The first-order valence-corrected chi connectivity index (χ1v) is 9.45. The zero-order valence-electron chi connectivity index (χ0n) is 16.0. The van der Waals surface area contributed by atoms with Crippen LogP contribution in [0.2, 0.25) is 0 Å². The highest BCUT2D eigenvalue weighted by Crippen LogP contribution is 2.26. The number of benzene rings is 1. The molecule has 0 spiro atoms. The first-order chi connectivity index (χ1) is 12.5. The molecule has 1 aromatic carbocycles. The van der Waals surface area contributed by atoms with E-state index in [1.807, 2.05) is 53.8 Å². The van der Waals surface area contributed by atoms with Crippen molar-refractivity contribution >= 4 is 40.8 Å². The average Bonchev–Trinajstić information content (AvgIpc) is 3.22. The summed E-state index contributed by atoms with van der Waals surface area (Å²) in [5.41, 5.74) is 7.68. The van der Waals surface area contributed by atoms with Gasteiger partial charge in [0.25, 0.3) is 0 Å². The molecule has 7 heteroatoms. The molecule has 2 atom stereocenters. The van der Waals surface area contributed by atoms with Crippen molar-refractivity contribution in [2.45, 2.75) is 45.7 Å². The SMILES string of the molecule is CCN(CC)C(=O)Cn1ccc2cc(NC(=O)C3CCC(N)C3)ccc21.Cl. The van der Waals surface area contributed by atoms with Crippen LogP contribution in [0.4, 0.5) is 5.69 Å². The minimum Gasteiger partial charge on any atom is -0.342 e. The van der Waals surface area contributed by atoms with E-state index in [1.165, 1.54) is 0 Å². The van der Waals surface area contributed by atoms with Gasteiger partial charge >= 0.3 is 0 Å². The van der Waals surface area contributed by atoms with Crippen molar-refractivity contribution in [1.29, 1.82) is 0 Å². The van der Waals surface area contributed by atoms with Crippen LogP contribution in [0.1, 0.15) is 33.1 Å². The molecule has 1 heterocycles. The number of likely N-dealkylation sites (N-methyl/N-ethyl adjacent to an activating group) is 1. The molecule has 1 fully saturated rings. The van der Waals surface area contributed by atoms with Crippen LogP contribution < -0.4 is 11.1 Å². The number of carbonyl (C=O) groups is 2. The number of nitrogens with one attached hydrogen (secondary N) is 1. The van der Waals surface area contributed by atoms with Gasteiger partial charge in [0.2, 0.25) is 11.8 Å². The highest BCUT2D eigenvalue weighted by Gasteiger charge is 2.27. The molecule has 1 aliphatic rings. The molecule has 2 amide bonds. The summed E-state index contributed by atoms with van der Waals surface area (Å²) in [6.07, 6.45) is 4.46. The van der Waals surface area contributed by atoms with Gasteiger partial charge in [0.05, 0.1) is 0 Å². The number of hydrogen-bond acceptors (Lipinski definition) is 3. The van der Waals surface area contributed by atoms with Crippen LogP contribution >= 0.6 is 12.4 Å². The number of halogens is 1. The first-order valence-electron chi connectivity index (χ1n) is 9.45. The Morgan fingerprint density at radius 2 is 1.96 bits per heavy atom. The van der Waals surface area contributed by atoms with Crippen LogP contribution in [0.25, 0.3) is 10.9 Å². The van der Waals surface area contributed by atoms with Crippen LogP contribution in [-0.2, 0) is 16.1 Å². The van der Waals surface area contributed by atoms with Crippen molar-refractivity contribution < 1.29 is 9.59 Å². The Kier molecular flexibility index (Phi) is 7.27. The van der Waals surface area contributed by atoms with E-state index in [0.29, 0.717) is 6.54 Å². The number of carbonyl (C=O) groups excluding carboxylic acids is 2. The van der Waals surface area contributed by atoms with Crippen LogP contribution in [0, 0.1) is 5.92 Å². The van der Waals surface area contributed by atoms with Crippen LogP contribution in [-0.4, -0.2) is 40.4 Å². The first kappa shape index (κ1) is 21.3. The number of nitrogens with zero attached hydrogens (tertiary/aromatic N) is 2. The minimum absolute atomic E-state index is 0. The molecule has 0 saturated heterocycles. The summed E-state index contributed by atoms with van der Waals surface area (Å²) in [4.78, 5) is 26.5. The number of hydrogen-bond donors (Lipinski definition) is 2. The molecule has 0 radical (unpaired) electrons. The van der Waals surface area contributed by atoms with Gasteiger partial charge in [-0.15, -0.1) is 12.4 Å². The fourth-order valence-electron chi connectivity index (χ4n) is 3.74. The predicted molar refractivity (Wildman–Crippen MR) is 111 cm³/mol. The lowest BCUT2D eigenvalue weighted by Gasteiger charge is -2.19. The van der Waals surface area contributed by atoms with Gasteiger partial charge in [-0.1, -0.05) is 0 Å². The van der Waals surface area contributed by atoms with Gasteiger partial charge in [-0.2, -0.15) is 0 Å². The van der Waals surface area contributed by atoms with Gasteiger partial charge in [0, 0.05) is 47.8 Å². The molecular formula is C20H29ClN4O2. The minimum atomic E-state index is 0. The van der Waals surface area contributed by atoms with Crippen LogP contribution in [0.15, 0.2) is 30.5 Å². The van der Waals surface area contributed by atoms with E-state index >= 15 is 0 Å². The van der Waals surface area contributed by atoms with Crippen molar-refractivity contribution in [3.8, 4) is 0 Å². The number of nitrogens with two attached hydrogens (primary N) is 1. The Hall–Kier alpha value is -2.05. The van der Waals surface area contributed by atoms with Gasteiger partial charge in [-0.25, -0.2) is 0 Å². The number of amides is 2. The van der Waals surface area contributed by atoms with E-state index < -0.39 is 0 Å². The van der Waals surface area contributed by atoms with E-state index in [9.17, 15) is 9.59 Å². The number of rotatable bonds is 6. The zero-order valence-corrected chi connectivity index (χ0v) is 16.8. The Balaban J connectivity index is 0.00000261. The third kappa shape index (κ3) is 4.82. The van der Waals surface area contributed by atoms with Crippen LogP contribution in [0.5, 0.6) is 0 Å². The topological polar surface area (TPSA) is 80.4 Å². The van der Waals surface area contributed by atoms with Crippen molar-refractivity contribution in [2.24, 2.45) is 11.7 Å². The summed E-state index contributed by atoms with van der Waals surface area (Å²) in [6, 6.07) is 7.94. The summed E-state index contributed by atoms with van der Waals surface area (Å²) in [6.45, 7) is 5.74. The molecule has 0 bridgehead atoms. The quantitative estimate of drug-likeness (QED) is 0.792. The fourth-order valence-corrected chi connectivity index (χ4v) is 3.74. The highest BCUT2D eigenvalue weighted by atomic mass is 35.5. The summed E-state index contributed by atoms with van der Waals surface area (Å²) >= 11 is 0. The number of anilines is 1. The molecule has 0 aliphatic heterocycles. The maximum atomic E-state index is 12.4. The van der Waals surface area contributed by atoms with Crippen LogP contribution in [0.3, 0.4) is 0 Å². The van der Waals surface area contributed by atoms with Gasteiger partial charge in [0.15, 0.2) is 0 Å². The molecule has 1 aliphatic carbocycles. The Bertz CT molecular complexity index is 800. The smallest absolute Gasteiger partial charge is 0.242 e. The summed E-state index contributed by atoms with van der Waals surface area (Å²) in [5, 5.41) is 4.02. The van der Waals surface area contributed by atoms with Gasteiger partial charge in [-0.05, 0) is 57.4 Å². The predicted octanol–water partition coefficient (Wildman–Crippen LogP) is 3.00. The monoisotopic (exact) mass is 392 g/mol. The molecule has 148 valence electrons. The van der Waals surface area contributed by atoms with Crippen molar-refractivity contribution in [3.63, 3.8) is 0 Å². The molecule has 6 nitrogen and oxygen atoms in total. The maximum Gasteiger partial charge on any atom is 0.242 e. The standard InChI is InChI=1S/C20H28N4O2.ClH/c1-3-23(4-2)19(25)13-24-10-9-14-12-17(7-8-18(14)24)22-20(26)15-5-6-16(21)11-15;/h7-10,12,15-16H,3-6,11,13,21H2,1-2H3,(H,22,26);1H. The second kappa shape index (κ2) is 9.24. The third-order valence-corrected chi connectivity index (χ3v) is 5.30. The van der Waals surface area contributed by atoms with E-state index in [2.05, 4.69) is 5.32 Å². The Labute approximate surface area is 166 Å². The molecule has 27 heavy (non-hydrogen) atoms. The highest BCUT2D eigenvalue weighted by molar-refractivity contribution is 5.95. The maximum absolute atomic E-state index is 12.4. The van der Waals surface area contributed by atoms with E-state index in [-0.39, 0.29) is 36.2 Å². The summed E-state index contributed by atoms with van der Waals surface area (Å²) in [7, 11) is 0. The van der Waals surface area contributed by atoms with Crippen molar-refractivity contribution in [1.82, 2.24) is 9.47 Å². The Morgan fingerprint density at radius 1 is 1.22 bits per heavy atom. The molecule has 1 saturated carbocycles.